The molecule has 1 aromatic rings. The Labute approximate surface area is 130 Å². The first-order chi connectivity index (χ1) is 10.0. The summed E-state index contributed by atoms with van der Waals surface area (Å²) < 4.78 is 0. The van der Waals surface area contributed by atoms with Crippen molar-refractivity contribution in [3.05, 3.63) is 4.88 Å². The van der Waals surface area contributed by atoms with Gasteiger partial charge in [0.2, 0.25) is 0 Å². The number of piperidine rings is 1. The third kappa shape index (κ3) is 4.07. The van der Waals surface area contributed by atoms with Crippen molar-refractivity contribution >= 4 is 28.2 Å². The fourth-order valence-corrected chi connectivity index (χ4v) is 3.49. The highest BCUT2D eigenvalue weighted by molar-refractivity contribution is 7.18. The molecular formula is C14H25N5OS. The summed E-state index contributed by atoms with van der Waals surface area (Å²) in [5.74, 6) is 0.237. The molecule has 2 rings (SSSR count). The van der Waals surface area contributed by atoms with Gasteiger partial charge in [0.1, 0.15) is 10.7 Å². The van der Waals surface area contributed by atoms with E-state index in [4.69, 9.17) is 5.73 Å². The number of hydrogen-bond acceptors (Lipinski definition) is 6. The SMILES string of the molecule is CCCN(C)c1nc(N)c(C(=O)NC2CCCN(C)C2)s1. The highest BCUT2D eigenvalue weighted by Crippen LogP contribution is 2.27. The van der Waals surface area contributed by atoms with E-state index >= 15 is 0 Å². The standard InChI is InChI=1S/C14H25N5OS/c1-4-7-19(3)14-17-12(15)11(21-14)13(20)16-10-6-5-8-18(2)9-10/h10H,4-9,15H2,1-3H3,(H,16,20). The second kappa shape index (κ2) is 7.09. The number of nitrogens with zero attached hydrogens (tertiary/aromatic N) is 3. The first kappa shape index (κ1) is 16.0. The van der Waals surface area contributed by atoms with Crippen LogP contribution in [0.2, 0.25) is 0 Å². The monoisotopic (exact) mass is 311 g/mol. The van der Waals surface area contributed by atoms with Gasteiger partial charge in [-0.1, -0.05) is 18.3 Å². The zero-order chi connectivity index (χ0) is 15.4. The van der Waals surface area contributed by atoms with Crippen molar-refractivity contribution in [2.24, 2.45) is 0 Å². The number of rotatable bonds is 5. The van der Waals surface area contributed by atoms with E-state index in [1.807, 2.05) is 11.9 Å². The number of carbonyl (C=O) groups excluding carboxylic acids is 1. The van der Waals surface area contributed by atoms with Gasteiger partial charge in [0.25, 0.3) is 5.91 Å². The molecule has 0 saturated carbocycles. The van der Waals surface area contributed by atoms with Crippen LogP contribution >= 0.6 is 11.3 Å². The molecule has 21 heavy (non-hydrogen) atoms. The zero-order valence-electron chi connectivity index (χ0n) is 13.1. The molecule has 6 nitrogen and oxygen atoms in total. The van der Waals surface area contributed by atoms with Crippen molar-refractivity contribution in [1.29, 1.82) is 0 Å². The van der Waals surface area contributed by atoms with Crippen LogP contribution in [-0.4, -0.2) is 55.6 Å². The summed E-state index contributed by atoms with van der Waals surface area (Å²) in [5, 5.41) is 3.89. The Bertz CT molecular complexity index is 490. The minimum Gasteiger partial charge on any atom is -0.382 e. The van der Waals surface area contributed by atoms with Crippen LogP contribution in [0.5, 0.6) is 0 Å². The van der Waals surface area contributed by atoms with Crippen LogP contribution in [0.3, 0.4) is 0 Å². The molecule has 1 unspecified atom stereocenters. The second-order valence-corrected chi connectivity index (χ2v) is 6.68. The zero-order valence-corrected chi connectivity index (χ0v) is 13.9. The van der Waals surface area contributed by atoms with Crippen LogP contribution in [-0.2, 0) is 0 Å². The molecule has 3 N–H and O–H groups in total. The van der Waals surface area contributed by atoms with Crippen LogP contribution in [0, 0.1) is 0 Å². The smallest absolute Gasteiger partial charge is 0.265 e. The van der Waals surface area contributed by atoms with Gasteiger partial charge in [0, 0.05) is 26.2 Å². The average molecular weight is 311 g/mol. The summed E-state index contributed by atoms with van der Waals surface area (Å²) in [4.78, 5) is 21.5. The largest absolute Gasteiger partial charge is 0.382 e. The van der Waals surface area contributed by atoms with Crippen LogP contribution in [0.1, 0.15) is 35.9 Å². The summed E-state index contributed by atoms with van der Waals surface area (Å²) in [6.07, 6.45) is 3.17. The van der Waals surface area contributed by atoms with Gasteiger partial charge in [-0.05, 0) is 32.9 Å². The number of hydrogen-bond donors (Lipinski definition) is 2. The minimum absolute atomic E-state index is 0.0959. The van der Waals surface area contributed by atoms with E-state index in [0.717, 1.165) is 44.0 Å². The predicted octanol–water partition coefficient (Wildman–Crippen LogP) is 1.40. The van der Waals surface area contributed by atoms with Gasteiger partial charge in [-0.15, -0.1) is 0 Å². The number of aromatic nitrogens is 1. The lowest BCUT2D eigenvalue weighted by Gasteiger charge is -2.30. The van der Waals surface area contributed by atoms with Gasteiger partial charge >= 0.3 is 0 Å². The van der Waals surface area contributed by atoms with E-state index in [9.17, 15) is 4.79 Å². The van der Waals surface area contributed by atoms with Crippen molar-refractivity contribution in [3.8, 4) is 0 Å². The summed E-state index contributed by atoms with van der Waals surface area (Å²) in [7, 11) is 4.05. The van der Waals surface area contributed by atoms with Crippen molar-refractivity contribution in [2.45, 2.75) is 32.2 Å². The third-order valence-electron chi connectivity index (χ3n) is 3.69. The van der Waals surface area contributed by atoms with Gasteiger partial charge in [-0.25, -0.2) is 4.98 Å². The Morgan fingerprint density at radius 2 is 2.38 bits per heavy atom. The molecule has 118 valence electrons. The molecule has 0 radical (unpaired) electrons. The molecule has 1 aromatic heterocycles. The lowest BCUT2D eigenvalue weighted by atomic mass is 10.1. The van der Waals surface area contributed by atoms with E-state index < -0.39 is 0 Å². The summed E-state index contributed by atoms with van der Waals surface area (Å²) in [6.45, 7) is 5.01. The molecule has 0 aromatic carbocycles. The Hall–Kier alpha value is -1.34. The predicted molar refractivity (Wildman–Crippen MR) is 88.1 cm³/mol. The fraction of sp³-hybridized carbons (Fsp3) is 0.714. The number of thiazole rings is 1. The maximum absolute atomic E-state index is 12.4. The molecule has 1 saturated heterocycles. The van der Waals surface area contributed by atoms with Crippen molar-refractivity contribution in [3.63, 3.8) is 0 Å². The summed E-state index contributed by atoms with van der Waals surface area (Å²) in [5.41, 5.74) is 5.91. The van der Waals surface area contributed by atoms with E-state index in [0.29, 0.717) is 10.7 Å². The number of anilines is 2. The molecule has 7 heteroatoms. The van der Waals surface area contributed by atoms with Gasteiger partial charge in [0.15, 0.2) is 5.13 Å². The molecule has 1 amide bonds. The highest BCUT2D eigenvalue weighted by Gasteiger charge is 2.23. The maximum atomic E-state index is 12.4. The van der Waals surface area contributed by atoms with E-state index in [-0.39, 0.29) is 11.9 Å². The lowest BCUT2D eigenvalue weighted by molar-refractivity contribution is 0.0917. The Kier molecular flexibility index (Phi) is 5.41. The van der Waals surface area contributed by atoms with Crippen LogP contribution in [0.25, 0.3) is 0 Å². The number of likely N-dealkylation sites (N-methyl/N-ethyl adjacent to an activating group) is 1. The molecule has 1 fully saturated rings. The third-order valence-corrected chi connectivity index (χ3v) is 4.88. The highest BCUT2D eigenvalue weighted by atomic mass is 32.1. The molecule has 1 aliphatic rings. The number of nitrogens with two attached hydrogens (primary N) is 1. The normalized spacial score (nSPS) is 19.5. The topological polar surface area (TPSA) is 74.5 Å². The Morgan fingerprint density at radius 3 is 3.05 bits per heavy atom. The van der Waals surface area contributed by atoms with Gasteiger partial charge < -0.3 is 20.9 Å². The first-order valence-corrected chi connectivity index (χ1v) is 8.29. The number of nitrogens with one attached hydrogen (secondary N) is 1. The fourth-order valence-electron chi connectivity index (χ4n) is 2.61. The van der Waals surface area contributed by atoms with E-state index in [1.165, 1.54) is 11.3 Å². The molecule has 0 aliphatic carbocycles. The molecule has 0 spiro atoms. The molecular weight excluding hydrogens is 286 g/mol. The Balaban J connectivity index is 2.02. The van der Waals surface area contributed by atoms with E-state index in [1.54, 1.807) is 0 Å². The number of amides is 1. The Morgan fingerprint density at radius 1 is 1.62 bits per heavy atom. The number of likely N-dealkylation sites (tertiary alicyclic amines) is 1. The van der Waals surface area contributed by atoms with E-state index in [2.05, 4.69) is 29.2 Å². The first-order valence-electron chi connectivity index (χ1n) is 7.48. The van der Waals surface area contributed by atoms with Gasteiger partial charge in [0.05, 0.1) is 0 Å². The molecule has 2 heterocycles. The number of nitrogen functional groups attached to an aromatic ring is 1. The van der Waals surface area contributed by atoms with Gasteiger partial charge in [-0.2, -0.15) is 0 Å². The van der Waals surface area contributed by atoms with Crippen LogP contribution in [0.15, 0.2) is 0 Å². The summed E-state index contributed by atoms with van der Waals surface area (Å²) >= 11 is 1.37. The second-order valence-electron chi connectivity index (χ2n) is 5.71. The van der Waals surface area contributed by atoms with Crippen LogP contribution < -0.4 is 16.0 Å². The average Bonchev–Trinajstić information content (AvgIpc) is 2.81. The van der Waals surface area contributed by atoms with Crippen molar-refractivity contribution < 1.29 is 4.79 Å². The van der Waals surface area contributed by atoms with Crippen LogP contribution in [0.4, 0.5) is 10.9 Å². The quantitative estimate of drug-likeness (QED) is 0.860. The number of carbonyl (C=O) groups is 1. The van der Waals surface area contributed by atoms with Gasteiger partial charge in [-0.3, -0.25) is 4.79 Å². The lowest BCUT2D eigenvalue weighted by Crippen LogP contribution is -2.46. The molecule has 1 atom stereocenters. The van der Waals surface area contributed by atoms with Crippen molar-refractivity contribution in [1.82, 2.24) is 15.2 Å². The molecule has 0 bridgehead atoms. The molecule has 1 aliphatic heterocycles. The minimum atomic E-state index is -0.0959. The maximum Gasteiger partial charge on any atom is 0.265 e. The summed E-state index contributed by atoms with van der Waals surface area (Å²) in [6, 6.07) is 0.203. The van der Waals surface area contributed by atoms with Crippen molar-refractivity contribution in [2.75, 3.05) is 44.4 Å².